The Balaban J connectivity index is 1.12. The van der Waals surface area contributed by atoms with E-state index in [1.54, 1.807) is 0 Å². The number of amides is 1. The number of carbonyl (C=O) groups excluding carboxylic acids is 1. The summed E-state index contributed by atoms with van der Waals surface area (Å²) in [6.45, 7) is 5.57. The Hall–Kier alpha value is -1.92. The van der Waals surface area contributed by atoms with Gasteiger partial charge >= 0.3 is 0 Å². The standard InChI is InChI=1S/C25H34N4OS/c30-23(18-28-13-4-1-5-14-28)29-15-11-19(12-16-29)17-26-25-27-24-21-9-3-2-7-20(21)8-6-10-22(24)31-25/h2-3,7,9,19H,1,4-6,8,10-18H2,(H,26,27). The summed E-state index contributed by atoms with van der Waals surface area (Å²) >= 11 is 1.83. The van der Waals surface area contributed by atoms with Crippen LogP contribution in [-0.2, 0) is 17.6 Å². The highest BCUT2D eigenvalue weighted by Crippen LogP contribution is 2.37. The smallest absolute Gasteiger partial charge is 0.236 e. The Morgan fingerprint density at radius 3 is 2.68 bits per heavy atom. The molecule has 6 heteroatoms. The molecule has 2 fully saturated rings. The molecular formula is C25H34N4OS. The number of aromatic nitrogens is 1. The number of likely N-dealkylation sites (tertiary alicyclic amines) is 2. The lowest BCUT2D eigenvalue weighted by atomic mass is 9.97. The summed E-state index contributed by atoms with van der Waals surface area (Å²) in [5, 5.41) is 4.69. The Bertz CT molecular complexity index is 897. The maximum Gasteiger partial charge on any atom is 0.236 e. The van der Waals surface area contributed by atoms with Crippen molar-refractivity contribution in [1.82, 2.24) is 14.8 Å². The molecule has 0 atom stereocenters. The van der Waals surface area contributed by atoms with Crippen LogP contribution in [0.1, 0.15) is 49.0 Å². The molecule has 31 heavy (non-hydrogen) atoms. The molecule has 3 aliphatic rings. The molecule has 5 rings (SSSR count). The minimum Gasteiger partial charge on any atom is -0.361 e. The summed E-state index contributed by atoms with van der Waals surface area (Å²) in [5.74, 6) is 0.950. The highest BCUT2D eigenvalue weighted by molar-refractivity contribution is 7.16. The molecule has 1 aromatic heterocycles. The zero-order valence-corrected chi connectivity index (χ0v) is 19.3. The van der Waals surface area contributed by atoms with Gasteiger partial charge in [0, 0.05) is 30.1 Å². The first-order chi connectivity index (χ1) is 15.3. The fourth-order valence-electron chi connectivity index (χ4n) is 5.24. The third-order valence-corrected chi connectivity index (χ3v) is 8.21. The first kappa shape index (κ1) is 21.0. The fraction of sp³-hybridized carbons (Fsp3) is 0.600. The van der Waals surface area contributed by atoms with Crippen LogP contribution in [0.15, 0.2) is 24.3 Å². The molecule has 3 heterocycles. The van der Waals surface area contributed by atoms with E-state index in [9.17, 15) is 4.79 Å². The highest BCUT2D eigenvalue weighted by Gasteiger charge is 2.25. The minimum absolute atomic E-state index is 0.329. The molecule has 0 unspecified atom stereocenters. The van der Waals surface area contributed by atoms with Crippen LogP contribution in [0.3, 0.4) is 0 Å². The third kappa shape index (κ3) is 4.96. The largest absolute Gasteiger partial charge is 0.361 e. The maximum atomic E-state index is 12.7. The number of benzene rings is 1. The average Bonchev–Trinajstić information content (AvgIpc) is 3.14. The molecule has 0 saturated carbocycles. The molecule has 1 N–H and O–H groups in total. The number of carbonyl (C=O) groups is 1. The highest BCUT2D eigenvalue weighted by atomic mass is 32.1. The van der Waals surface area contributed by atoms with Gasteiger partial charge < -0.3 is 10.2 Å². The zero-order chi connectivity index (χ0) is 21.0. The molecular weight excluding hydrogens is 404 g/mol. The van der Waals surface area contributed by atoms with E-state index in [1.807, 2.05) is 11.3 Å². The van der Waals surface area contributed by atoms with E-state index in [0.717, 1.165) is 63.5 Å². The van der Waals surface area contributed by atoms with Gasteiger partial charge in [-0.05, 0) is 69.5 Å². The van der Waals surface area contributed by atoms with Gasteiger partial charge in [-0.1, -0.05) is 30.7 Å². The van der Waals surface area contributed by atoms with Gasteiger partial charge in [0.25, 0.3) is 0 Å². The van der Waals surface area contributed by atoms with Crippen molar-refractivity contribution in [2.24, 2.45) is 5.92 Å². The summed E-state index contributed by atoms with van der Waals surface area (Å²) in [7, 11) is 0. The van der Waals surface area contributed by atoms with E-state index in [2.05, 4.69) is 39.4 Å². The van der Waals surface area contributed by atoms with Gasteiger partial charge in [-0.25, -0.2) is 4.98 Å². The van der Waals surface area contributed by atoms with E-state index in [-0.39, 0.29) is 0 Å². The Morgan fingerprint density at radius 2 is 1.84 bits per heavy atom. The van der Waals surface area contributed by atoms with Crippen molar-refractivity contribution in [3.8, 4) is 11.3 Å². The van der Waals surface area contributed by atoms with Crippen molar-refractivity contribution in [3.05, 3.63) is 34.7 Å². The van der Waals surface area contributed by atoms with Crippen LogP contribution < -0.4 is 5.32 Å². The summed E-state index contributed by atoms with van der Waals surface area (Å²) < 4.78 is 0. The summed E-state index contributed by atoms with van der Waals surface area (Å²) in [4.78, 5) is 23.5. The molecule has 0 bridgehead atoms. The predicted molar refractivity (Wildman–Crippen MR) is 128 cm³/mol. The molecule has 1 amide bonds. The normalized spacial score (nSPS) is 20.1. The van der Waals surface area contributed by atoms with Crippen molar-refractivity contribution in [2.45, 2.75) is 51.4 Å². The van der Waals surface area contributed by atoms with Gasteiger partial charge in [0.2, 0.25) is 5.91 Å². The Kier molecular flexibility index (Phi) is 6.55. The second kappa shape index (κ2) is 9.70. The van der Waals surface area contributed by atoms with Gasteiger partial charge in [0.1, 0.15) is 0 Å². The van der Waals surface area contributed by atoms with E-state index in [4.69, 9.17) is 4.98 Å². The number of fused-ring (bicyclic) bond motifs is 3. The summed E-state index contributed by atoms with van der Waals surface area (Å²) in [5.41, 5.74) is 3.94. The van der Waals surface area contributed by atoms with Crippen molar-refractivity contribution in [2.75, 3.05) is 44.6 Å². The van der Waals surface area contributed by atoms with Crippen LogP contribution in [0, 0.1) is 5.92 Å². The van der Waals surface area contributed by atoms with E-state index < -0.39 is 0 Å². The Labute approximate surface area is 189 Å². The van der Waals surface area contributed by atoms with Gasteiger partial charge in [-0.3, -0.25) is 9.69 Å². The summed E-state index contributed by atoms with van der Waals surface area (Å²) in [6, 6.07) is 8.73. The lowest BCUT2D eigenvalue weighted by Crippen LogP contribution is -2.45. The summed E-state index contributed by atoms with van der Waals surface area (Å²) in [6.07, 6.45) is 9.46. The number of aryl methyl sites for hydroxylation is 2. The van der Waals surface area contributed by atoms with Crippen LogP contribution in [-0.4, -0.2) is 60.0 Å². The first-order valence-electron chi connectivity index (χ1n) is 12.1. The molecule has 0 spiro atoms. The molecule has 2 aromatic rings. The molecule has 2 aliphatic heterocycles. The van der Waals surface area contributed by atoms with Crippen LogP contribution in [0.4, 0.5) is 5.13 Å². The van der Waals surface area contributed by atoms with Gasteiger partial charge in [-0.2, -0.15) is 0 Å². The van der Waals surface area contributed by atoms with Crippen LogP contribution >= 0.6 is 11.3 Å². The SMILES string of the molecule is O=C(CN1CCCCC1)N1CCC(CNc2nc3c(s2)CCCc2ccccc2-3)CC1. The number of thiazole rings is 1. The number of piperidine rings is 2. The molecule has 1 aliphatic carbocycles. The molecule has 0 radical (unpaired) electrons. The van der Waals surface area contributed by atoms with Crippen molar-refractivity contribution >= 4 is 22.4 Å². The zero-order valence-electron chi connectivity index (χ0n) is 18.4. The number of nitrogens with one attached hydrogen (secondary N) is 1. The fourth-order valence-corrected chi connectivity index (χ4v) is 6.27. The third-order valence-electron chi connectivity index (χ3n) is 7.14. The minimum atomic E-state index is 0.329. The van der Waals surface area contributed by atoms with Crippen molar-refractivity contribution < 1.29 is 4.79 Å². The monoisotopic (exact) mass is 438 g/mol. The lowest BCUT2D eigenvalue weighted by molar-refractivity contribution is -0.134. The van der Waals surface area contributed by atoms with Crippen LogP contribution in [0.2, 0.25) is 0 Å². The second-order valence-corrected chi connectivity index (χ2v) is 10.4. The van der Waals surface area contributed by atoms with Gasteiger partial charge in [0.05, 0.1) is 12.2 Å². The van der Waals surface area contributed by atoms with Crippen LogP contribution in [0.25, 0.3) is 11.3 Å². The van der Waals surface area contributed by atoms with Crippen molar-refractivity contribution in [1.29, 1.82) is 0 Å². The van der Waals surface area contributed by atoms with E-state index >= 15 is 0 Å². The average molecular weight is 439 g/mol. The Morgan fingerprint density at radius 1 is 1.03 bits per heavy atom. The molecule has 2 saturated heterocycles. The van der Waals surface area contributed by atoms with Gasteiger partial charge in [0.15, 0.2) is 5.13 Å². The first-order valence-corrected chi connectivity index (χ1v) is 12.9. The number of hydrogen-bond acceptors (Lipinski definition) is 5. The number of nitrogens with zero attached hydrogens (tertiary/aromatic N) is 3. The van der Waals surface area contributed by atoms with Crippen LogP contribution in [0.5, 0.6) is 0 Å². The van der Waals surface area contributed by atoms with Crippen molar-refractivity contribution in [3.63, 3.8) is 0 Å². The van der Waals surface area contributed by atoms with E-state index in [0.29, 0.717) is 18.4 Å². The second-order valence-electron chi connectivity index (χ2n) is 9.34. The lowest BCUT2D eigenvalue weighted by Gasteiger charge is -2.34. The quantitative estimate of drug-likeness (QED) is 0.750. The number of anilines is 1. The molecule has 166 valence electrons. The van der Waals surface area contributed by atoms with E-state index in [1.165, 1.54) is 47.4 Å². The maximum absolute atomic E-state index is 12.7. The number of rotatable bonds is 5. The predicted octanol–water partition coefficient (Wildman–Crippen LogP) is 4.44. The molecule has 1 aromatic carbocycles. The molecule has 5 nitrogen and oxygen atoms in total. The van der Waals surface area contributed by atoms with Gasteiger partial charge in [-0.15, -0.1) is 11.3 Å². The topological polar surface area (TPSA) is 48.5 Å². The number of hydrogen-bond donors (Lipinski definition) is 1.